The molecular weight excluding hydrogens is 248 g/mol. The molecule has 3 rings (SSSR count). The van der Waals surface area contributed by atoms with Crippen molar-refractivity contribution in [1.29, 1.82) is 0 Å². The molecule has 20 heavy (non-hydrogen) atoms. The Bertz CT molecular complexity index is 387. The Morgan fingerprint density at radius 2 is 1.50 bits per heavy atom. The lowest BCUT2D eigenvalue weighted by atomic mass is 9.59. The first kappa shape index (κ1) is 14.2. The molecule has 0 N–H and O–H groups in total. The van der Waals surface area contributed by atoms with Gasteiger partial charge in [0.2, 0.25) is 0 Å². The maximum Gasteiger partial charge on any atom is 0.333 e. The van der Waals surface area contributed by atoms with Gasteiger partial charge in [-0.05, 0) is 62.7 Å². The van der Waals surface area contributed by atoms with Gasteiger partial charge in [-0.15, -0.1) is 0 Å². The number of hydrogen-bond donors (Lipinski definition) is 0. The van der Waals surface area contributed by atoms with Gasteiger partial charge in [-0.1, -0.05) is 32.3 Å². The summed E-state index contributed by atoms with van der Waals surface area (Å²) in [6.45, 7) is 5.42. The smallest absolute Gasteiger partial charge is 0.333 e. The fraction of sp³-hybridized carbons (Fsp3) is 0.833. The van der Waals surface area contributed by atoms with Gasteiger partial charge in [0.1, 0.15) is 6.10 Å². The third-order valence-corrected chi connectivity index (χ3v) is 5.99. The van der Waals surface area contributed by atoms with E-state index in [0.717, 1.165) is 36.5 Å². The van der Waals surface area contributed by atoms with Crippen LogP contribution < -0.4 is 0 Å². The second kappa shape index (κ2) is 5.91. The summed E-state index contributed by atoms with van der Waals surface area (Å²) in [5.74, 6) is 3.51. The molecule has 0 aromatic carbocycles. The van der Waals surface area contributed by atoms with E-state index in [1.807, 2.05) is 0 Å². The van der Waals surface area contributed by atoms with Crippen LogP contribution in [0.2, 0.25) is 0 Å². The Balaban J connectivity index is 1.57. The highest BCUT2D eigenvalue weighted by atomic mass is 16.5. The van der Waals surface area contributed by atoms with Crippen molar-refractivity contribution >= 4 is 5.97 Å². The Labute approximate surface area is 123 Å². The minimum Gasteiger partial charge on any atom is -0.459 e. The summed E-state index contributed by atoms with van der Waals surface area (Å²) in [7, 11) is 0. The fourth-order valence-corrected chi connectivity index (χ4v) is 4.92. The molecule has 112 valence electrons. The number of hydrogen-bond acceptors (Lipinski definition) is 2. The van der Waals surface area contributed by atoms with Crippen molar-refractivity contribution in [3.8, 4) is 0 Å². The predicted octanol–water partition coefficient (Wildman–Crippen LogP) is 4.49. The Hall–Kier alpha value is -0.790. The second-order valence-corrected chi connectivity index (χ2v) is 7.42. The zero-order valence-corrected chi connectivity index (χ0v) is 12.8. The van der Waals surface area contributed by atoms with E-state index in [2.05, 4.69) is 6.58 Å². The number of ether oxygens (including phenoxy) is 1. The summed E-state index contributed by atoms with van der Waals surface area (Å²) in [6.07, 6.45) is 12.3. The van der Waals surface area contributed by atoms with Crippen molar-refractivity contribution in [3.63, 3.8) is 0 Å². The van der Waals surface area contributed by atoms with Crippen molar-refractivity contribution in [2.45, 2.75) is 70.8 Å². The molecule has 5 unspecified atom stereocenters. The summed E-state index contributed by atoms with van der Waals surface area (Å²) >= 11 is 0. The van der Waals surface area contributed by atoms with E-state index >= 15 is 0 Å². The van der Waals surface area contributed by atoms with E-state index in [1.54, 1.807) is 6.92 Å². The van der Waals surface area contributed by atoms with E-state index in [0.29, 0.717) is 5.57 Å². The number of fused-ring (bicyclic) bond motifs is 2. The van der Waals surface area contributed by atoms with Crippen LogP contribution in [0.15, 0.2) is 12.2 Å². The van der Waals surface area contributed by atoms with Crippen LogP contribution in [-0.2, 0) is 9.53 Å². The lowest BCUT2D eigenvalue weighted by Gasteiger charge is -2.47. The number of esters is 1. The Morgan fingerprint density at radius 1 is 0.900 bits per heavy atom. The first-order chi connectivity index (χ1) is 9.63. The van der Waals surface area contributed by atoms with Crippen LogP contribution in [0.4, 0.5) is 0 Å². The first-order valence-corrected chi connectivity index (χ1v) is 8.50. The van der Waals surface area contributed by atoms with Crippen LogP contribution in [0.5, 0.6) is 0 Å². The maximum atomic E-state index is 11.7. The molecule has 2 heteroatoms. The highest BCUT2D eigenvalue weighted by molar-refractivity contribution is 5.87. The van der Waals surface area contributed by atoms with E-state index < -0.39 is 0 Å². The van der Waals surface area contributed by atoms with E-state index in [9.17, 15) is 4.79 Å². The predicted molar refractivity (Wildman–Crippen MR) is 80.2 cm³/mol. The molecule has 0 aromatic rings. The van der Waals surface area contributed by atoms with Crippen molar-refractivity contribution in [2.24, 2.45) is 23.7 Å². The zero-order chi connectivity index (χ0) is 14.1. The van der Waals surface area contributed by atoms with E-state index in [4.69, 9.17) is 4.74 Å². The molecule has 0 aliphatic heterocycles. The van der Waals surface area contributed by atoms with E-state index in [-0.39, 0.29) is 12.1 Å². The van der Waals surface area contributed by atoms with Crippen molar-refractivity contribution in [2.75, 3.05) is 0 Å². The number of carbonyl (C=O) groups excluding carboxylic acids is 1. The van der Waals surface area contributed by atoms with Gasteiger partial charge in [0.05, 0.1) is 0 Å². The Morgan fingerprint density at radius 3 is 2.15 bits per heavy atom. The lowest BCUT2D eigenvalue weighted by molar-refractivity contribution is -0.148. The molecule has 0 amide bonds. The molecular formula is C18H28O2. The summed E-state index contributed by atoms with van der Waals surface area (Å²) < 4.78 is 5.60. The van der Waals surface area contributed by atoms with Gasteiger partial charge in [0.25, 0.3) is 0 Å². The van der Waals surface area contributed by atoms with Gasteiger partial charge in [-0.3, -0.25) is 0 Å². The molecule has 0 heterocycles. The second-order valence-electron chi connectivity index (χ2n) is 7.42. The first-order valence-electron chi connectivity index (χ1n) is 8.50. The largest absolute Gasteiger partial charge is 0.459 e. The van der Waals surface area contributed by atoms with Crippen LogP contribution in [0.3, 0.4) is 0 Å². The highest BCUT2D eigenvalue weighted by Crippen LogP contribution is 2.50. The third kappa shape index (κ3) is 2.94. The average molecular weight is 276 g/mol. The van der Waals surface area contributed by atoms with Gasteiger partial charge < -0.3 is 4.74 Å². The molecule has 0 bridgehead atoms. The molecule has 3 aliphatic carbocycles. The summed E-state index contributed by atoms with van der Waals surface area (Å²) in [5, 5.41) is 0. The quantitative estimate of drug-likeness (QED) is 0.548. The van der Waals surface area contributed by atoms with Crippen molar-refractivity contribution in [1.82, 2.24) is 0 Å². The number of carbonyl (C=O) groups is 1. The molecule has 3 fully saturated rings. The van der Waals surface area contributed by atoms with E-state index in [1.165, 1.54) is 44.9 Å². The van der Waals surface area contributed by atoms with Crippen LogP contribution in [0.1, 0.15) is 64.7 Å². The molecule has 0 aromatic heterocycles. The van der Waals surface area contributed by atoms with Gasteiger partial charge in [-0.2, -0.15) is 0 Å². The van der Waals surface area contributed by atoms with Crippen molar-refractivity contribution in [3.05, 3.63) is 12.2 Å². The summed E-state index contributed by atoms with van der Waals surface area (Å²) in [6, 6.07) is 0. The molecule has 3 saturated carbocycles. The molecule has 0 spiro atoms. The standard InChI is InChI=1S/C18H28O2/c1-12(2)18(19)20-17-8-7-15-9-13-5-3-4-6-14(13)10-16(15)11-17/h13-17H,1,3-11H2,2H3. The zero-order valence-electron chi connectivity index (χ0n) is 12.8. The average Bonchev–Trinajstić information content (AvgIpc) is 2.45. The van der Waals surface area contributed by atoms with Gasteiger partial charge in [-0.25, -0.2) is 4.79 Å². The fourth-order valence-electron chi connectivity index (χ4n) is 4.92. The van der Waals surface area contributed by atoms with Gasteiger partial charge >= 0.3 is 5.97 Å². The SMILES string of the molecule is C=C(C)C(=O)OC1CCC2CC3CCCCC3CC2C1. The minimum atomic E-state index is -0.195. The monoisotopic (exact) mass is 276 g/mol. The molecule has 5 atom stereocenters. The molecule has 2 nitrogen and oxygen atoms in total. The molecule has 0 radical (unpaired) electrons. The highest BCUT2D eigenvalue weighted by Gasteiger charge is 2.41. The third-order valence-electron chi connectivity index (χ3n) is 5.99. The molecule has 3 aliphatic rings. The summed E-state index contributed by atoms with van der Waals surface area (Å²) in [4.78, 5) is 11.7. The van der Waals surface area contributed by atoms with Crippen LogP contribution >= 0.6 is 0 Å². The van der Waals surface area contributed by atoms with Gasteiger partial charge in [0.15, 0.2) is 0 Å². The Kier molecular flexibility index (Phi) is 4.18. The van der Waals surface area contributed by atoms with Gasteiger partial charge in [0, 0.05) is 5.57 Å². The van der Waals surface area contributed by atoms with Crippen LogP contribution in [-0.4, -0.2) is 12.1 Å². The lowest BCUT2D eigenvalue weighted by Crippen LogP contribution is -2.39. The summed E-state index contributed by atoms with van der Waals surface area (Å²) in [5.41, 5.74) is 0.531. The molecule has 0 saturated heterocycles. The number of rotatable bonds is 2. The maximum absolute atomic E-state index is 11.7. The normalized spacial score (nSPS) is 40.4. The topological polar surface area (TPSA) is 26.3 Å². The van der Waals surface area contributed by atoms with Crippen LogP contribution in [0.25, 0.3) is 0 Å². The van der Waals surface area contributed by atoms with Crippen LogP contribution in [0, 0.1) is 23.7 Å². The minimum absolute atomic E-state index is 0.153. The van der Waals surface area contributed by atoms with Crippen molar-refractivity contribution < 1.29 is 9.53 Å².